The highest BCUT2D eigenvalue weighted by molar-refractivity contribution is 5.97. The molecule has 0 saturated heterocycles. The fourth-order valence-electron chi connectivity index (χ4n) is 2.92. The van der Waals surface area contributed by atoms with Gasteiger partial charge in [-0.1, -0.05) is 12.1 Å². The van der Waals surface area contributed by atoms with Crippen molar-refractivity contribution in [2.45, 2.75) is 26.4 Å². The standard InChI is InChI=1S/C21H20N2O7/c1-12-4-6-16-14(11-29-19(16)8-12)9-20(24)30-13(2)21(25)22-17-10-15(23(26)27)5-7-18(17)28-3/h4-8,10-11,13H,9H2,1-3H3,(H,22,25)/t13-/m1/s1. The fourth-order valence-corrected chi connectivity index (χ4v) is 2.92. The van der Waals surface area contributed by atoms with Crippen LogP contribution in [0.4, 0.5) is 11.4 Å². The second-order valence-electron chi connectivity index (χ2n) is 6.70. The van der Waals surface area contributed by atoms with Crippen molar-refractivity contribution in [3.63, 3.8) is 0 Å². The van der Waals surface area contributed by atoms with E-state index in [-0.39, 0.29) is 23.5 Å². The van der Waals surface area contributed by atoms with Crippen molar-refractivity contribution < 1.29 is 28.4 Å². The van der Waals surface area contributed by atoms with E-state index < -0.39 is 22.9 Å². The minimum absolute atomic E-state index is 0.0617. The van der Waals surface area contributed by atoms with Crippen LogP contribution < -0.4 is 10.1 Å². The number of hydrogen-bond donors (Lipinski definition) is 1. The largest absolute Gasteiger partial charge is 0.495 e. The number of esters is 1. The monoisotopic (exact) mass is 412 g/mol. The molecule has 0 saturated carbocycles. The predicted octanol–water partition coefficient (Wildman–Crippen LogP) is 3.77. The van der Waals surface area contributed by atoms with Crippen molar-refractivity contribution in [1.82, 2.24) is 0 Å². The molecule has 3 rings (SSSR count). The van der Waals surface area contributed by atoms with E-state index in [1.807, 2.05) is 25.1 Å². The van der Waals surface area contributed by atoms with Crippen LogP contribution in [0.1, 0.15) is 18.1 Å². The zero-order chi connectivity index (χ0) is 21.8. The number of nitro benzene ring substituents is 1. The minimum atomic E-state index is -1.12. The zero-order valence-corrected chi connectivity index (χ0v) is 16.6. The molecule has 0 aliphatic heterocycles. The quantitative estimate of drug-likeness (QED) is 0.356. The number of nitrogens with zero attached hydrogens (tertiary/aromatic N) is 1. The number of ether oxygens (including phenoxy) is 2. The summed E-state index contributed by atoms with van der Waals surface area (Å²) in [6, 6.07) is 9.44. The van der Waals surface area contributed by atoms with Crippen LogP contribution in [-0.2, 0) is 20.7 Å². The lowest BCUT2D eigenvalue weighted by molar-refractivity contribution is -0.384. The molecule has 1 aromatic heterocycles. The van der Waals surface area contributed by atoms with Crippen LogP contribution in [0.2, 0.25) is 0 Å². The number of fused-ring (bicyclic) bond motifs is 1. The van der Waals surface area contributed by atoms with Gasteiger partial charge < -0.3 is 19.2 Å². The van der Waals surface area contributed by atoms with Crippen LogP contribution in [0.15, 0.2) is 47.1 Å². The van der Waals surface area contributed by atoms with Crippen LogP contribution in [0, 0.1) is 17.0 Å². The molecule has 1 amide bonds. The predicted molar refractivity (Wildman–Crippen MR) is 108 cm³/mol. The molecule has 3 aromatic rings. The molecule has 9 nitrogen and oxygen atoms in total. The van der Waals surface area contributed by atoms with Gasteiger partial charge in [-0.05, 0) is 31.5 Å². The molecule has 0 bridgehead atoms. The fraction of sp³-hybridized carbons (Fsp3) is 0.238. The Bertz CT molecular complexity index is 1120. The van der Waals surface area contributed by atoms with Crippen LogP contribution in [0.3, 0.4) is 0 Å². The number of amides is 1. The number of carbonyl (C=O) groups is 2. The number of anilines is 1. The van der Waals surface area contributed by atoms with Crippen molar-refractivity contribution in [3.05, 3.63) is 63.9 Å². The van der Waals surface area contributed by atoms with Gasteiger partial charge in [0.25, 0.3) is 11.6 Å². The van der Waals surface area contributed by atoms with Crippen LogP contribution in [0.25, 0.3) is 11.0 Å². The molecule has 1 atom stereocenters. The Morgan fingerprint density at radius 3 is 2.70 bits per heavy atom. The lowest BCUT2D eigenvalue weighted by Gasteiger charge is -2.15. The molecular formula is C21H20N2O7. The van der Waals surface area contributed by atoms with Gasteiger partial charge in [0.05, 0.1) is 30.4 Å². The summed E-state index contributed by atoms with van der Waals surface area (Å²) in [6.07, 6.45) is 0.305. The second kappa shape index (κ2) is 8.64. The molecule has 156 valence electrons. The highest BCUT2D eigenvalue weighted by atomic mass is 16.6. The summed E-state index contributed by atoms with van der Waals surface area (Å²) in [5, 5.41) is 14.3. The molecule has 1 heterocycles. The van der Waals surface area contributed by atoms with E-state index in [2.05, 4.69) is 5.32 Å². The number of rotatable bonds is 7. The highest BCUT2D eigenvalue weighted by Crippen LogP contribution is 2.29. The number of nitrogens with one attached hydrogen (secondary N) is 1. The average molecular weight is 412 g/mol. The van der Waals surface area contributed by atoms with Gasteiger partial charge in [0.2, 0.25) is 0 Å². The van der Waals surface area contributed by atoms with Crippen molar-refractivity contribution in [1.29, 1.82) is 0 Å². The molecule has 30 heavy (non-hydrogen) atoms. The van der Waals surface area contributed by atoms with E-state index in [0.29, 0.717) is 11.1 Å². The van der Waals surface area contributed by atoms with Crippen molar-refractivity contribution in [3.8, 4) is 5.75 Å². The van der Waals surface area contributed by atoms with Gasteiger partial charge >= 0.3 is 5.97 Å². The van der Waals surface area contributed by atoms with Crippen LogP contribution in [-0.4, -0.2) is 30.0 Å². The maximum atomic E-state index is 12.4. The Hall–Kier alpha value is -3.88. The summed E-state index contributed by atoms with van der Waals surface area (Å²) >= 11 is 0. The van der Waals surface area contributed by atoms with Gasteiger partial charge in [-0.25, -0.2) is 0 Å². The van der Waals surface area contributed by atoms with E-state index in [1.165, 1.54) is 38.5 Å². The molecular weight excluding hydrogens is 392 g/mol. The third kappa shape index (κ3) is 4.57. The molecule has 0 spiro atoms. The Morgan fingerprint density at radius 1 is 1.23 bits per heavy atom. The van der Waals surface area contributed by atoms with Gasteiger partial charge in [0.1, 0.15) is 11.3 Å². The summed E-state index contributed by atoms with van der Waals surface area (Å²) in [5.41, 5.74) is 2.26. The van der Waals surface area contributed by atoms with Crippen molar-refractivity contribution >= 4 is 34.2 Å². The molecule has 0 unspecified atom stereocenters. The lowest BCUT2D eigenvalue weighted by Crippen LogP contribution is -2.30. The smallest absolute Gasteiger partial charge is 0.311 e. The SMILES string of the molecule is COc1ccc([N+](=O)[O-])cc1NC(=O)[C@@H](C)OC(=O)Cc1coc2cc(C)ccc12. The average Bonchev–Trinajstić information content (AvgIpc) is 3.09. The third-order valence-electron chi connectivity index (χ3n) is 4.48. The summed E-state index contributed by atoms with van der Waals surface area (Å²) in [5.74, 6) is -1.01. The molecule has 0 aliphatic carbocycles. The second-order valence-corrected chi connectivity index (χ2v) is 6.70. The number of benzene rings is 2. The maximum Gasteiger partial charge on any atom is 0.311 e. The molecule has 1 N–H and O–H groups in total. The minimum Gasteiger partial charge on any atom is -0.495 e. The van der Waals surface area contributed by atoms with E-state index in [0.717, 1.165) is 10.9 Å². The first-order valence-electron chi connectivity index (χ1n) is 9.08. The summed E-state index contributed by atoms with van der Waals surface area (Å²) in [7, 11) is 1.37. The topological polar surface area (TPSA) is 121 Å². The normalized spacial score (nSPS) is 11.7. The number of aryl methyl sites for hydroxylation is 1. The van der Waals surface area contributed by atoms with E-state index in [4.69, 9.17) is 13.9 Å². The highest BCUT2D eigenvalue weighted by Gasteiger charge is 2.22. The number of furan rings is 1. The van der Waals surface area contributed by atoms with E-state index in [1.54, 1.807) is 0 Å². The first kappa shape index (κ1) is 20.8. The Kier molecular flexibility index (Phi) is 6.01. The maximum absolute atomic E-state index is 12.4. The number of carbonyl (C=O) groups excluding carboxylic acids is 2. The van der Waals surface area contributed by atoms with E-state index >= 15 is 0 Å². The molecule has 9 heteroatoms. The Labute approximate surface area is 171 Å². The van der Waals surface area contributed by atoms with Gasteiger partial charge in [0.15, 0.2) is 6.10 Å². The first-order chi connectivity index (χ1) is 14.3. The first-order valence-corrected chi connectivity index (χ1v) is 9.08. The van der Waals surface area contributed by atoms with Crippen molar-refractivity contribution in [2.24, 2.45) is 0 Å². The lowest BCUT2D eigenvalue weighted by atomic mass is 10.1. The van der Waals surface area contributed by atoms with Gasteiger partial charge in [-0.2, -0.15) is 0 Å². The van der Waals surface area contributed by atoms with Gasteiger partial charge in [0, 0.05) is 23.1 Å². The van der Waals surface area contributed by atoms with E-state index in [9.17, 15) is 19.7 Å². The summed E-state index contributed by atoms with van der Waals surface area (Å²) in [4.78, 5) is 35.1. The number of nitro groups is 1. The number of hydrogen-bond acceptors (Lipinski definition) is 7. The summed E-state index contributed by atoms with van der Waals surface area (Å²) < 4.78 is 15.8. The zero-order valence-electron chi connectivity index (χ0n) is 16.6. The van der Waals surface area contributed by atoms with Crippen LogP contribution in [0.5, 0.6) is 5.75 Å². The van der Waals surface area contributed by atoms with Crippen LogP contribution >= 0.6 is 0 Å². The summed E-state index contributed by atoms with van der Waals surface area (Å²) in [6.45, 7) is 3.35. The molecule has 0 fully saturated rings. The third-order valence-corrected chi connectivity index (χ3v) is 4.48. The Balaban J connectivity index is 1.66. The van der Waals surface area contributed by atoms with Crippen molar-refractivity contribution in [2.75, 3.05) is 12.4 Å². The van der Waals surface area contributed by atoms with Gasteiger partial charge in [-0.3, -0.25) is 19.7 Å². The number of methoxy groups -OCH3 is 1. The molecule has 0 radical (unpaired) electrons. The van der Waals surface area contributed by atoms with Gasteiger partial charge in [-0.15, -0.1) is 0 Å². The number of non-ortho nitro benzene ring substituents is 1. The molecule has 0 aliphatic rings. The Morgan fingerprint density at radius 2 is 2.00 bits per heavy atom. The molecule has 2 aromatic carbocycles.